The van der Waals surface area contributed by atoms with Crippen molar-refractivity contribution in [2.24, 2.45) is 0 Å². The molecule has 0 radical (unpaired) electrons. The Morgan fingerprint density at radius 1 is 1.00 bits per heavy atom. The van der Waals surface area contributed by atoms with Crippen LogP contribution in [0.2, 0.25) is 0 Å². The molecular formula is C20H27FN6O2S. The largest absolute Gasteiger partial charge is 0.350 e. The maximum Gasteiger partial charge on any atom is 0.286 e. The number of amides is 2. The number of nitrogens with zero attached hydrogens (tertiary/aromatic N) is 4. The van der Waals surface area contributed by atoms with E-state index in [0.29, 0.717) is 12.2 Å². The van der Waals surface area contributed by atoms with Gasteiger partial charge in [0.15, 0.2) is 0 Å². The van der Waals surface area contributed by atoms with Crippen LogP contribution in [0.1, 0.15) is 39.4 Å². The third-order valence-corrected chi connectivity index (χ3v) is 5.78. The van der Waals surface area contributed by atoms with Crippen LogP contribution >= 0.6 is 11.3 Å². The van der Waals surface area contributed by atoms with E-state index in [2.05, 4.69) is 37.6 Å². The van der Waals surface area contributed by atoms with Crippen LogP contribution in [0.4, 0.5) is 10.1 Å². The number of hydrogen-bond donors (Lipinski definition) is 2. The third kappa shape index (κ3) is 6.54. The summed E-state index contributed by atoms with van der Waals surface area (Å²) in [5.74, 6) is -1.21. The summed E-state index contributed by atoms with van der Waals surface area (Å²) in [5, 5.41) is 13.2. The van der Waals surface area contributed by atoms with Gasteiger partial charge >= 0.3 is 0 Å². The Labute approximate surface area is 179 Å². The van der Waals surface area contributed by atoms with Gasteiger partial charge in [0.05, 0.1) is 0 Å². The van der Waals surface area contributed by atoms with E-state index < -0.39 is 5.91 Å². The zero-order chi connectivity index (χ0) is 21.3. The quantitative estimate of drug-likeness (QED) is 0.588. The highest BCUT2D eigenvalue weighted by molar-refractivity contribution is 7.15. The molecule has 30 heavy (non-hydrogen) atoms. The minimum absolute atomic E-state index is 0.0782. The Kier molecular flexibility index (Phi) is 8.23. The lowest BCUT2D eigenvalue weighted by molar-refractivity contribution is 0.0945. The molecule has 8 nitrogen and oxygen atoms in total. The number of hydrogen-bond acceptors (Lipinski definition) is 7. The fraction of sp³-hybridized carbons (Fsp3) is 0.500. The normalized spacial score (nSPS) is 15.1. The summed E-state index contributed by atoms with van der Waals surface area (Å²) in [4.78, 5) is 29.3. The van der Waals surface area contributed by atoms with Crippen molar-refractivity contribution in [2.75, 3.05) is 51.1 Å². The molecule has 2 N–H and O–H groups in total. The summed E-state index contributed by atoms with van der Waals surface area (Å²) >= 11 is 0.926. The lowest BCUT2D eigenvalue weighted by Crippen LogP contribution is -2.47. The van der Waals surface area contributed by atoms with Crippen LogP contribution in [0.15, 0.2) is 24.3 Å². The van der Waals surface area contributed by atoms with Crippen LogP contribution in [-0.4, -0.2) is 77.6 Å². The van der Waals surface area contributed by atoms with E-state index >= 15 is 0 Å². The molecule has 0 atom stereocenters. The molecule has 3 rings (SSSR count). The van der Waals surface area contributed by atoms with Gasteiger partial charge in [-0.15, -0.1) is 10.2 Å². The highest BCUT2D eigenvalue weighted by Crippen LogP contribution is 2.14. The van der Waals surface area contributed by atoms with E-state index in [0.717, 1.165) is 57.0 Å². The first-order chi connectivity index (χ1) is 14.5. The minimum atomic E-state index is -0.486. The monoisotopic (exact) mass is 434 g/mol. The first-order valence-corrected chi connectivity index (χ1v) is 11.0. The molecular weight excluding hydrogens is 407 g/mol. The Bertz CT molecular complexity index is 836. The van der Waals surface area contributed by atoms with Crippen molar-refractivity contribution in [3.63, 3.8) is 0 Å². The number of nitrogens with one attached hydrogen (secondary N) is 2. The zero-order valence-electron chi connectivity index (χ0n) is 17.1. The predicted octanol–water partition coefficient (Wildman–Crippen LogP) is 2.08. The summed E-state index contributed by atoms with van der Waals surface area (Å²) in [6.45, 7) is 9.20. The summed E-state index contributed by atoms with van der Waals surface area (Å²) in [6.07, 6.45) is 2.05. The van der Waals surface area contributed by atoms with Gasteiger partial charge in [-0.3, -0.25) is 9.59 Å². The van der Waals surface area contributed by atoms with Crippen LogP contribution in [0, 0.1) is 5.82 Å². The first kappa shape index (κ1) is 22.3. The highest BCUT2D eigenvalue weighted by Gasteiger charge is 2.18. The van der Waals surface area contributed by atoms with Crippen LogP contribution < -0.4 is 10.6 Å². The molecule has 1 saturated heterocycles. The molecule has 0 spiro atoms. The van der Waals surface area contributed by atoms with Gasteiger partial charge in [0, 0.05) is 38.4 Å². The van der Waals surface area contributed by atoms with Crippen LogP contribution in [-0.2, 0) is 0 Å². The van der Waals surface area contributed by atoms with Crippen molar-refractivity contribution in [2.45, 2.75) is 19.8 Å². The molecule has 2 heterocycles. The minimum Gasteiger partial charge on any atom is -0.350 e. The van der Waals surface area contributed by atoms with Crippen molar-refractivity contribution >= 4 is 28.8 Å². The summed E-state index contributed by atoms with van der Waals surface area (Å²) in [6, 6.07) is 5.40. The predicted molar refractivity (Wildman–Crippen MR) is 114 cm³/mol. The average molecular weight is 435 g/mol. The van der Waals surface area contributed by atoms with Crippen molar-refractivity contribution in [1.29, 1.82) is 0 Å². The maximum atomic E-state index is 12.9. The van der Waals surface area contributed by atoms with E-state index in [9.17, 15) is 14.0 Å². The van der Waals surface area contributed by atoms with Crippen LogP contribution in [0.3, 0.4) is 0 Å². The van der Waals surface area contributed by atoms with Gasteiger partial charge in [-0.25, -0.2) is 4.39 Å². The molecule has 0 saturated carbocycles. The van der Waals surface area contributed by atoms with E-state index in [4.69, 9.17) is 0 Å². The zero-order valence-corrected chi connectivity index (χ0v) is 17.9. The van der Waals surface area contributed by atoms with Gasteiger partial charge in [-0.2, -0.15) is 0 Å². The summed E-state index contributed by atoms with van der Waals surface area (Å²) in [5.41, 5.74) is 0.443. The number of benzene rings is 1. The second kappa shape index (κ2) is 11.1. The van der Waals surface area contributed by atoms with Gasteiger partial charge in [0.2, 0.25) is 10.0 Å². The van der Waals surface area contributed by atoms with Crippen molar-refractivity contribution < 1.29 is 14.0 Å². The molecule has 1 aliphatic heterocycles. The molecule has 10 heteroatoms. The number of carbonyl (C=O) groups is 2. The fourth-order valence-corrected chi connectivity index (χ4v) is 3.91. The molecule has 0 aliphatic carbocycles. The SMILES string of the molecule is CCCN1CCN(CCCNC(=O)c2nnc(C(=O)Nc3ccc(F)cc3)s2)CC1. The Morgan fingerprint density at radius 3 is 2.23 bits per heavy atom. The van der Waals surface area contributed by atoms with E-state index in [1.165, 1.54) is 30.7 Å². The molecule has 1 aromatic carbocycles. The first-order valence-electron chi connectivity index (χ1n) is 10.2. The standard InChI is InChI=1S/C20H27FN6O2S/c1-2-9-26-11-13-27(14-12-26)10-3-8-22-17(28)19-24-25-20(30-19)18(29)23-16-6-4-15(21)5-7-16/h4-7H,2-3,8-14H2,1H3,(H,22,28)(H,23,29). The molecule has 2 amide bonds. The van der Waals surface area contributed by atoms with Gasteiger partial charge in [0.1, 0.15) is 5.82 Å². The third-order valence-electron chi connectivity index (χ3n) is 4.86. The van der Waals surface area contributed by atoms with Crippen molar-refractivity contribution in [1.82, 2.24) is 25.3 Å². The maximum absolute atomic E-state index is 12.9. The Hall–Kier alpha value is -2.43. The second-order valence-electron chi connectivity index (χ2n) is 7.17. The average Bonchev–Trinajstić information content (AvgIpc) is 3.25. The topological polar surface area (TPSA) is 90.5 Å². The van der Waals surface area contributed by atoms with Gasteiger partial charge in [-0.05, 0) is 50.2 Å². The number of halogens is 1. The van der Waals surface area contributed by atoms with Crippen LogP contribution in [0.25, 0.3) is 0 Å². The highest BCUT2D eigenvalue weighted by atomic mass is 32.1. The van der Waals surface area contributed by atoms with E-state index in [-0.39, 0.29) is 21.7 Å². The lowest BCUT2D eigenvalue weighted by atomic mass is 10.2. The summed E-state index contributed by atoms with van der Waals surface area (Å²) < 4.78 is 12.9. The lowest BCUT2D eigenvalue weighted by Gasteiger charge is -2.34. The summed E-state index contributed by atoms with van der Waals surface area (Å²) in [7, 11) is 0. The molecule has 0 unspecified atom stereocenters. The van der Waals surface area contributed by atoms with Gasteiger partial charge < -0.3 is 20.4 Å². The number of rotatable bonds is 9. The number of piperazine rings is 1. The van der Waals surface area contributed by atoms with E-state index in [1.807, 2.05) is 0 Å². The molecule has 1 fully saturated rings. The van der Waals surface area contributed by atoms with Crippen molar-refractivity contribution in [3.05, 3.63) is 40.1 Å². The Balaban J connectivity index is 1.37. The van der Waals surface area contributed by atoms with Gasteiger partial charge in [0.25, 0.3) is 11.8 Å². The number of anilines is 1. The molecule has 162 valence electrons. The number of aromatic nitrogens is 2. The van der Waals surface area contributed by atoms with Gasteiger partial charge in [-0.1, -0.05) is 18.3 Å². The number of carbonyl (C=O) groups excluding carboxylic acids is 2. The molecule has 1 aromatic heterocycles. The molecule has 2 aromatic rings. The fourth-order valence-electron chi connectivity index (χ4n) is 3.26. The Morgan fingerprint density at radius 2 is 1.60 bits per heavy atom. The molecule has 1 aliphatic rings. The van der Waals surface area contributed by atoms with E-state index in [1.54, 1.807) is 0 Å². The molecule has 0 bridgehead atoms. The van der Waals surface area contributed by atoms with Crippen molar-refractivity contribution in [3.8, 4) is 0 Å². The smallest absolute Gasteiger partial charge is 0.286 e. The van der Waals surface area contributed by atoms with Crippen LogP contribution in [0.5, 0.6) is 0 Å². The second-order valence-corrected chi connectivity index (χ2v) is 8.14.